The average molecular weight is 480 g/mol. The summed E-state index contributed by atoms with van der Waals surface area (Å²) in [5.41, 5.74) is 2.50. The predicted octanol–water partition coefficient (Wildman–Crippen LogP) is 5.58. The van der Waals surface area contributed by atoms with Gasteiger partial charge < -0.3 is 9.47 Å². The molecule has 33 heavy (non-hydrogen) atoms. The normalized spacial score (nSPS) is 10.6. The summed E-state index contributed by atoms with van der Waals surface area (Å²) in [4.78, 5) is 34.5. The first-order valence-electron chi connectivity index (χ1n) is 10.2. The molecule has 7 nitrogen and oxygen atoms in total. The van der Waals surface area contributed by atoms with Gasteiger partial charge in [0.25, 0.3) is 5.91 Å². The van der Waals surface area contributed by atoms with Crippen molar-refractivity contribution < 1.29 is 19.1 Å². The summed E-state index contributed by atoms with van der Waals surface area (Å²) < 4.78 is 10.9. The van der Waals surface area contributed by atoms with E-state index in [1.807, 2.05) is 42.6 Å². The van der Waals surface area contributed by atoms with Crippen LogP contribution in [0, 0.1) is 6.92 Å². The zero-order valence-electron chi connectivity index (χ0n) is 18.0. The van der Waals surface area contributed by atoms with Gasteiger partial charge >= 0.3 is 5.97 Å². The van der Waals surface area contributed by atoms with Gasteiger partial charge in [-0.15, -0.1) is 11.3 Å². The highest BCUT2D eigenvalue weighted by Gasteiger charge is 2.22. The zero-order chi connectivity index (χ0) is 23.2. The van der Waals surface area contributed by atoms with E-state index in [0.717, 1.165) is 27.6 Å². The van der Waals surface area contributed by atoms with Gasteiger partial charge in [0.2, 0.25) is 0 Å². The molecule has 168 valence electrons. The Labute approximate surface area is 199 Å². The second-order valence-corrected chi connectivity index (χ2v) is 8.97. The van der Waals surface area contributed by atoms with Crippen molar-refractivity contribution in [2.75, 3.05) is 11.9 Å². The van der Waals surface area contributed by atoms with Gasteiger partial charge in [0.05, 0.1) is 23.0 Å². The van der Waals surface area contributed by atoms with E-state index in [9.17, 15) is 9.59 Å². The summed E-state index contributed by atoms with van der Waals surface area (Å²) in [6.07, 6.45) is 0. The molecule has 4 rings (SSSR count). The maximum atomic E-state index is 12.9. The van der Waals surface area contributed by atoms with Crippen LogP contribution in [0.15, 0.2) is 60.0 Å². The van der Waals surface area contributed by atoms with E-state index >= 15 is 0 Å². The van der Waals surface area contributed by atoms with E-state index in [0.29, 0.717) is 33.6 Å². The lowest BCUT2D eigenvalue weighted by molar-refractivity contribution is 0.0532. The van der Waals surface area contributed by atoms with Crippen molar-refractivity contribution in [3.05, 3.63) is 81.1 Å². The fourth-order valence-electron chi connectivity index (χ4n) is 3.03. The van der Waals surface area contributed by atoms with Gasteiger partial charge in [0.1, 0.15) is 17.2 Å². The maximum absolute atomic E-state index is 12.9. The minimum absolute atomic E-state index is 0.250. The van der Waals surface area contributed by atoms with Crippen LogP contribution in [-0.2, 0) is 11.3 Å². The van der Waals surface area contributed by atoms with Gasteiger partial charge in [0.15, 0.2) is 5.13 Å². The number of hydrogen-bond acceptors (Lipinski definition) is 8. The summed E-state index contributed by atoms with van der Waals surface area (Å²) in [5.74, 6) is -0.264. The second kappa shape index (κ2) is 10.4. The number of carbonyl (C=O) groups is 2. The third kappa shape index (κ3) is 5.63. The van der Waals surface area contributed by atoms with Crippen LogP contribution in [0.4, 0.5) is 5.13 Å². The summed E-state index contributed by atoms with van der Waals surface area (Å²) in [5, 5.41) is 6.01. The fourth-order valence-corrected chi connectivity index (χ4v) is 4.50. The number of benzene rings is 2. The summed E-state index contributed by atoms with van der Waals surface area (Å²) in [6, 6.07) is 16.2. The largest absolute Gasteiger partial charge is 0.487 e. The quantitative estimate of drug-likeness (QED) is 0.332. The number of thiazole rings is 2. The van der Waals surface area contributed by atoms with E-state index in [4.69, 9.17) is 9.47 Å². The standard InChI is InChI=1S/C24H21N3O4S2/c1-3-30-23(29)21-20(16-8-5-4-6-9-16)26-24(33-21)27-22(28)17-10-7-11-19(12-17)31-13-18-14-32-15(2)25-18/h4-12,14H,3,13H2,1-2H3,(H,26,27,28). The Kier molecular flexibility index (Phi) is 7.11. The highest BCUT2D eigenvalue weighted by atomic mass is 32.1. The number of anilines is 1. The Morgan fingerprint density at radius 3 is 2.61 bits per heavy atom. The molecule has 9 heteroatoms. The van der Waals surface area contributed by atoms with Crippen LogP contribution in [0.2, 0.25) is 0 Å². The SMILES string of the molecule is CCOC(=O)c1sc(NC(=O)c2cccc(OCc3csc(C)n3)c2)nc1-c1ccccc1. The van der Waals surface area contributed by atoms with E-state index < -0.39 is 5.97 Å². The molecule has 0 saturated heterocycles. The minimum Gasteiger partial charge on any atom is -0.487 e. The molecule has 1 N–H and O–H groups in total. The van der Waals surface area contributed by atoms with Crippen molar-refractivity contribution in [1.82, 2.24) is 9.97 Å². The second-order valence-electron chi connectivity index (χ2n) is 6.91. The van der Waals surface area contributed by atoms with Crippen LogP contribution < -0.4 is 10.1 Å². The fraction of sp³-hybridized carbons (Fsp3) is 0.167. The topological polar surface area (TPSA) is 90.4 Å². The Balaban J connectivity index is 1.51. The van der Waals surface area contributed by atoms with Crippen LogP contribution in [0.25, 0.3) is 11.3 Å². The average Bonchev–Trinajstić information content (AvgIpc) is 3.45. The third-order valence-corrected chi connectivity index (χ3v) is 6.28. The van der Waals surface area contributed by atoms with E-state index in [-0.39, 0.29) is 12.5 Å². The van der Waals surface area contributed by atoms with Crippen molar-refractivity contribution in [3.63, 3.8) is 0 Å². The molecule has 4 aromatic rings. The van der Waals surface area contributed by atoms with Crippen molar-refractivity contribution in [1.29, 1.82) is 0 Å². The molecule has 0 bridgehead atoms. The Morgan fingerprint density at radius 2 is 1.88 bits per heavy atom. The van der Waals surface area contributed by atoms with Crippen LogP contribution in [0.1, 0.15) is 37.7 Å². The third-order valence-electron chi connectivity index (χ3n) is 4.51. The molecular formula is C24H21N3O4S2. The Hall–Kier alpha value is -3.56. The van der Waals surface area contributed by atoms with Gasteiger partial charge in [0, 0.05) is 16.5 Å². The number of rotatable bonds is 8. The van der Waals surface area contributed by atoms with Gasteiger partial charge in [-0.3, -0.25) is 10.1 Å². The number of ether oxygens (including phenoxy) is 2. The van der Waals surface area contributed by atoms with Crippen molar-refractivity contribution >= 4 is 39.7 Å². The first-order chi connectivity index (χ1) is 16.0. The maximum Gasteiger partial charge on any atom is 0.350 e. The molecule has 0 spiro atoms. The number of amides is 1. The number of esters is 1. The van der Waals surface area contributed by atoms with Gasteiger partial charge in [-0.1, -0.05) is 47.7 Å². The number of aromatic nitrogens is 2. The number of nitrogens with zero attached hydrogens (tertiary/aromatic N) is 2. The van der Waals surface area contributed by atoms with Crippen LogP contribution >= 0.6 is 22.7 Å². The van der Waals surface area contributed by atoms with Crippen molar-refractivity contribution in [2.45, 2.75) is 20.5 Å². The molecule has 0 aliphatic carbocycles. The van der Waals surface area contributed by atoms with Gasteiger partial charge in [-0.05, 0) is 32.0 Å². The summed E-state index contributed by atoms with van der Waals surface area (Å²) in [6.45, 7) is 4.26. The molecule has 0 aliphatic heterocycles. The molecule has 2 aromatic heterocycles. The van der Waals surface area contributed by atoms with E-state index in [1.54, 1.807) is 42.5 Å². The van der Waals surface area contributed by atoms with E-state index in [2.05, 4.69) is 15.3 Å². The molecule has 0 aliphatic rings. The van der Waals surface area contributed by atoms with Crippen molar-refractivity contribution in [2.24, 2.45) is 0 Å². The van der Waals surface area contributed by atoms with E-state index in [1.165, 1.54) is 0 Å². The zero-order valence-corrected chi connectivity index (χ0v) is 19.7. The lowest BCUT2D eigenvalue weighted by Gasteiger charge is -2.07. The molecule has 2 aromatic carbocycles. The number of hydrogen-bond donors (Lipinski definition) is 1. The number of carbonyl (C=O) groups excluding carboxylic acids is 2. The van der Waals surface area contributed by atoms with Gasteiger partial charge in [-0.25, -0.2) is 14.8 Å². The lowest BCUT2D eigenvalue weighted by Crippen LogP contribution is -2.11. The minimum atomic E-state index is -0.470. The van der Waals surface area contributed by atoms with Crippen molar-refractivity contribution in [3.8, 4) is 17.0 Å². The molecule has 0 atom stereocenters. The van der Waals surface area contributed by atoms with Gasteiger partial charge in [-0.2, -0.15) is 0 Å². The number of nitrogens with one attached hydrogen (secondary N) is 1. The van der Waals surface area contributed by atoms with Crippen LogP contribution in [-0.4, -0.2) is 28.5 Å². The predicted molar refractivity (Wildman–Crippen MR) is 129 cm³/mol. The molecule has 2 heterocycles. The molecule has 0 fully saturated rings. The highest BCUT2D eigenvalue weighted by molar-refractivity contribution is 7.18. The molecule has 1 amide bonds. The Bertz CT molecular complexity index is 1270. The highest BCUT2D eigenvalue weighted by Crippen LogP contribution is 2.32. The van der Waals surface area contributed by atoms with Crippen LogP contribution in [0.3, 0.4) is 0 Å². The van der Waals surface area contributed by atoms with Crippen LogP contribution in [0.5, 0.6) is 5.75 Å². The molecule has 0 radical (unpaired) electrons. The first-order valence-corrected chi connectivity index (χ1v) is 11.9. The Morgan fingerprint density at radius 1 is 1.06 bits per heavy atom. The molecule has 0 unspecified atom stereocenters. The monoisotopic (exact) mass is 479 g/mol. The smallest absolute Gasteiger partial charge is 0.350 e. The lowest BCUT2D eigenvalue weighted by atomic mass is 10.1. The summed E-state index contributed by atoms with van der Waals surface area (Å²) in [7, 11) is 0. The first kappa shape index (κ1) is 22.6. The number of aryl methyl sites for hydroxylation is 1. The molecule has 0 saturated carbocycles. The molecular weight excluding hydrogens is 458 g/mol. The summed E-state index contributed by atoms with van der Waals surface area (Å²) >= 11 is 2.64.